The highest BCUT2D eigenvalue weighted by Crippen LogP contribution is 2.36. The highest BCUT2D eigenvalue weighted by atomic mass is 32.2. The molecule has 0 saturated heterocycles. The van der Waals surface area contributed by atoms with Crippen LogP contribution in [-0.4, -0.2) is 24.2 Å². The molecule has 8 heteroatoms. The van der Waals surface area contributed by atoms with Gasteiger partial charge in [-0.25, -0.2) is 4.79 Å². The SMILES string of the molecule is CCOC(=O)c1c(-c2ccccc2)csc1NC(=O)CSc1cccc[n+]1[O-]. The summed E-state index contributed by atoms with van der Waals surface area (Å²) in [6.07, 6.45) is 1.38. The molecule has 3 aromatic rings. The Morgan fingerprint density at radius 1 is 1.18 bits per heavy atom. The van der Waals surface area contributed by atoms with Crippen LogP contribution in [0, 0.1) is 5.21 Å². The van der Waals surface area contributed by atoms with Gasteiger partial charge in [-0.2, -0.15) is 4.73 Å². The van der Waals surface area contributed by atoms with Gasteiger partial charge in [0, 0.05) is 23.1 Å². The maximum Gasteiger partial charge on any atom is 0.341 e. The molecule has 144 valence electrons. The fourth-order valence-electron chi connectivity index (χ4n) is 2.51. The van der Waals surface area contributed by atoms with Gasteiger partial charge in [-0.15, -0.1) is 11.3 Å². The first kappa shape index (κ1) is 19.9. The molecule has 0 atom stereocenters. The van der Waals surface area contributed by atoms with Crippen molar-refractivity contribution >= 4 is 40.0 Å². The van der Waals surface area contributed by atoms with Gasteiger partial charge in [-0.3, -0.25) is 4.79 Å². The van der Waals surface area contributed by atoms with Gasteiger partial charge in [0.2, 0.25) is 5.91 Å². The number of carbonyl (C=O) groups excluding carboxylic acids is 2. The van der Waals surface area contributed by atoms with Gasteiger partial charge in [0.15, 0.2) is 6.20 Å². The largest absolute Gasteiger partial charge is 0.618 e. The Balaban J connectivity index is 1.79. The smallest absolute Gasteiger partial charge is 0.341 e. The van der Waals surface area contributed by atoms with Crippen LogP contribution in [0.1, 0.15) is 17.3 Å². The summed E-state index contributed by atoms with van der Waals surface area (Å²) < 4.78 is 5.89. The average Bonchev–Trinajstić information content (AvgIpc) is 3.12. The molecule has 0 aliphatic carbocycles. The summed E-state index contributed by atoms with van der Waals surface area (Å²) in [6.45, 7) is 1.98. The van der Waals surface area contributed by atoms with E-state index in [2.05, 4.69) is 5.32 Å². The molecule has 1 aromatic carbocycles. The third kappa shape index (κ3) is 4.71. The highest BCUT2D eigenvalue weighted by Gasteiger charge is 2.23. The number of hydrogen-bond donors (Lipinski definition) is 1. The van der Waals surface area contributed by atoms with Gasteiger partial charge in [0.25, 0.3) is 5.03 Å². The summed E-state index contributed by atoms with van der Waals surface area (Å²) in [5, 5.41) is 17.1. The Hall–Kier alpha value is -2.84. The number of thiophene rings is 1. The lowest BCUT2D eigenvalue weighted by Crippen LogP contribution is -2.28. The lowest BCUT2D eigenvalue weighted by atomic mass is 10.0. The number of rotatable bonds is 7. The minimum Gasteiger partial charge on any atom is -0.618 e. The van der Waals surface area contributed by atoms with Crippen molar-refractivity contribution in [2.45, 2.75) is 11.9 Å². The maximum absolute atomic E-state index is 12.5. The summed E-state index contributed by atoms with van der Waals surface area (Å²) in [6, 6.07) is 14.5. The molecule has 0 aliphatic heterocycles. The monoisotopic (exact) mass is 414 g/mol. The molecule has 0 bridgehead atoms. The predicted octanol–water partition coefficient (Wildman–Crippen LogP) is 3.96. The van der Waals surface area contributed by atoms with E-state index in [9.17, 15) is 14.8 Å². The fraction of sp³-hybridized carbons (Fsp3) is 0.150. The number of nitrogens with zero attached hydrogens (tertiary/aromatic N) is 1. The van der Waals surface area contributed by atoms with Crippen LogP contribution in [0.15, 0.2) is 65.1 Å². The van der Waals surface area contributed by atoms with Crippen LogP contribution in [0.2, 0.25) is 0 Å². The molecule has 0 unspecified atom stereocenters. The molecule has 28 heavy (non-hydrogen) atoms. The molecule has 0 radical (unpaired) electrons. The Morgan fingerprint density at radius 2 is 1.93 bits per heavy atom. The van der Waals surface area contributed by atoms with Gasteiger partial charge >= 0.3 is 5.97 Å². The molecule has 2 heterocycles. The summed E-state index contributed by atoms with van der Waals surface area (Å²) in [4.78, 5) is 24.9. The molecule has 2 aromatic heterocycles. The van der Waals surface area contributed by atoms with Crippen molar-refractivity contribution in [1.29, 1.82) is 0 Å². The minimum absolute atomic E-state index is 0.0487. The van der Waals surface area contributed by atoms with Gasteiger partial charge in [-0.1, -0.05) is 30.3 Å². The molecule has 0 fully saturated rings. The second-order valence-corrected chi connectivity index (χ2v) is 7.52. The average molecular weight is 415 g/mol. The Kier molecular flexibility index (Phi) is 6.67. The number of benzene rings is 1. The number of aromatic nitrogens is 1. The number of hydrogen-bond acceptors (Lipinski definition) is 6. The third-order valence-corrected chi connectivity index (χ3v) is 5.66. The van der Waals surface area contributed by atoms with Crippen molar-refractivity contribution in [2.24, 2.45) is 0 Å². The van der Waals surface area contributed by atoms with Crippen molar-refractivity contribution in [3.05, 3.63) is 70.9 Å². The van der Waals surface area contributed by atoms with Gasteiger partial charge in [0.05, 0.1) is 12.4 Å². The maximum atomic E-state index is 12.5. The van der Waals surface area contributed by atoms with E-state index in [1.165, 1.54) is 17.5 Å². The lowest BCUT2D eigenvalue weighted by Gasteiger charge is -2.09. The quantitative estimate of drug-likeness (QED) is 0.274. The first-order valence-corrected chi connectivity index (χ1v) is 10.4. The van der Waals surface area contributed by atoms with Crippen LogP contribution in [0.5, 0.6) is 0 Å². The molecule has 0 saturated carbocycles. The second kappa shape index (κ2) is 9.38. The Labute approximate surface area is 170 Å². The van der Waals surface area contributed by atoms with E-state index in [4.69, 9.17) is 4.74 Å². The van der Waals surface area contributed by atoms with E-state index in [0.29, 0.717) is 25.9 Å². The Morgan fingerprint density at radius 3 is 2.64 bits per heavy atom. The van der Waals surface area contributed by atoms with Gasteiger partial charge in [0.1, 0.15) is 10.6 Å². The standard InChI is InChI=1S/C20H18N2O4S2/c1-2-26-20(24)18-15(14-8-4-3-5-9-14)12-28-19(18)21-16(23)13-27-17-10-6-7-11-22(17)25/h3-12H,2,13H2,1H3,(H,21,23). The number of nitrogens with one attached hydrogen (secondary N) is 1. The van der Waals surface area contributed by atoms with Crippen molar-refractivity contribution in [3.63, 3.8) is 0 Å². The normalized spacial score (nSPS) is 10.5. The van der Waals surface area contributed by atoms with E-state index >= 15 is 0 Å². The van der Waals surface area contributed by atoms with Gasteiger partial charge in [-0.05, 0) is 30.3 Å². The second-order valence-electron chi connectivity index (χ2n) is 5.64. The number of amides is 1. The van der Waals surface area contributed by atoms with Crippen LogP contribution in [0.3, 0.4) is 0 Å². The summed E-state index contributed by atoms with van der Waals surface area (Å²) >= 11 is 2.40. The minimum atomic E-state index is -0.481. The number of ether oxygens (including phenoxy) is 1. The third-order valence-electron chi connectivity index (χ3n) is 3.75. The molecule has 0 aliphatic rings. The molecular weight excluding hydrogens is 396 g/mol. The first-order chi connectivity index (χ1) is 13.6. The van der Waals surface area contributed by atoms with Gasteiger partial charge < -0.3 is 15.3 Å². The molecule has 6 nitrogen and oxygen atoms in total. The fourth-order valence-corrected chi connectivity index (χ4v) is 4.20. The zero-order chi connectivity index (χ0) is 19.9. The topological polar surface area (TPSA) is 82.3 Å². The molecule has 1 amide bonds. The molecule has 3 rings (SSSR count). The number of carbonyl (C=O) groups is 2. The molecule has 1 N–H and O–H groups in total. The first-order valence-electron chi connectivity index (χ1n) is 8.55. The molecule has 0 spiro atoms. The highest BCUT2D eigenvalue weighted by molar-refractivity contribution is 7.99. The van der Waals surface area contributed by atoms with E-state index in [1.807, 2.05) is 35.7 Å². The number of esters is 1. The summed E-state index contributed by atoms with van der Waals surface area (Å²) in [5.74, 6) is -0.737. The number of thioether (sulfide) groups is 1. The predicted molar refractivity (Wildman–Crippen MR) is 110 cm³/mol. The van der Waals surface area contributed by atoms with E-state index < -0.39 is 5.97 Å². The van der Waals surface area contributed by atoms with Crippen molar-refractivity contribution in [1.82, 2.24) is 0 Å². The Bertz CT molecular complexity index is 973. The van der Waals surface area contributed by atoms with Crippen molar-refractivity contribution in [2.75, 3.05) is 17.7 Å². The van der Waals surface area contributed by atoms with Crippen LogP contribution < -0.4 is 10.0 Å². The van der Waals surface area contributed by atoms with Crippen LogP contribution in [0.25, 0.3) is 11.1 Å². The van der Waals surface area contributed by atoms with E-state index in [1.54, 1.807) is 25.1 Å². The molecular formula is C20H18N2O4S2. The van der Waals surface area contributed by atoms with Crippen molar-refractivity contribution in [3.8, 4) is 11.1 Å². The zero-order valence-corrected chi connectivity index (χ0v) is 16.7. The lowest BCUT2D eigenvalue weighted by molar-refractivity contribution is -0.645. The number of pyridine rings is 1. The van der Waals surface area contributed by atoms with E-state index in [0.717, 1.165) is 17.3 Å². The van der Waals surface area contributed by atoms with Crippen LogP contribution in [0.4, 0.5) is 5.00 Å². The van der Waals surface area contributed by atoms with Crippen LogP contribution in [-0.2, 0) is 9.53 Å². The summed E-state index contributed by atoms with van der Waals surface area (Å²) in [5.41, 5.74) is 1.93. The van der Waals surface area contributed by atoms with Crippen molar-refractivity contribution < 1.29 is 19.1 Å². The number of anilines is 1. The van der Waals surface area contributed by atoms with E-state index in [-0.39, 0.29) is 18.3 Å². The van der Waals surface area contributed by atoms with Crippen LogP contribution >= 0.6 is 23.1 Å². The zero-order valence-electron chi connectivity index (χ0n) is 15.1. The summed E-state index contributed by atoms with van der Waals surface area (Å²) in [7, 11) is 0.